The number of carbonyl (C=O) groups excluding carboxylic acids is 1. The van der Waals surface area contributed by atoms with Crippen molar-refractivity contribution in [2.45, 2.75) is 56.1 Å². The van der Waals surface area contributed by atoms with Gasteiger partial charge in [0.05, 0.1) is 36.5 Å². The molecule has 1 aliphatic carbocycles. The van der Waals surface area contributed by atoms with E-state index in [-0.39, 0.29) is 42.1 Å². The average Bonchev–Trinajstić information content (AvgIpc) is 3.09. The molecule has 1 amide bonds. The number of carbonyl (C=O) groups is 1. The number of aliphatic hydroxyl groups excluding tert-OH is 2. The zero-order valence-electron chi connectivity index (χ0n) is 18.5. The SMILES string of the molecule is CCC(NC1C[C@@H](O)[C@@H](O)C1)C1(O)CN(C(=O)c2ccnc(F)c2Nc2ccc(I)cc2F)C1. The number of anilines is 2. The lowest BCUT2D eigenvalue weighted by Gasteiger charge is -2.51. The van der Waals surface area contributed by atoms with Crippen molar-refractivity contribution >= 4 is 39.9 Å². The maximum atomic E-state index is 14.5. The van der Waals surface area contributed by atoms with Crippen LogP contribution in [0.2, 0.25) is 0 Å². The number of hydrogen-bond acceptors (Lipinski definition) is 7. The number of nitrogens with zero attached hydrogens (tertiary/aromatic N) is 2. The highest BCUT2D eigenvalue weighted by Gasteiger charge is 2.50. The van der Waals surface area contributed by atoms with Gasteiger partial charge in [-0.2, -0.15) is 4.39 Å². The van der Waals surface area contributed by atoms with Crippen LogP contribution in [0.25, 0.3) is 0 Å². The Morgan fingerprint density at radius 2 is 1.94 bits per heavy atom. The van der Waals surface area contributed by atoms with Gasteiger partial charge in [-0.25, -0.2) is 9.37 Å². The number of nitrogens with one attached hydrogen (secondary N) is 2. The number of likely N-dealkylation sites (tertiary alicyclic amines) is 1. The van der Waals surface area contributed by atoms with Crippen LogP contribution in [0.1, 0.15) is 36.5 Å². The monoisotopic (exact) mass is 588 g/mol. The van der Waals surface area contributed by atoms with Crippen LogP contribution < -0.4 is 10.6 Å². The molecule has 1 aromatic heterocycles. The lowest BCUT2D eigenvalue weighted by molar-refractivity contribution is -0.107. The molecular formula is C23H27F2IN4O4. The molecule has 184 valence electrons. The second kappa shape index (κ2) is 9.97. The summed E-state index contributed by atoms with van der Waals surface area (Å²) < 4.78 is 29.5. The topological polar surface area (TPSA) is 118 Å². The summed E-state index contributed by atoms with van der Waals surface area (Å²) in [4.78, 5) is 18.1. The Morgan fingerprint density at radius 1 is 1.26 bits per heavy atom. The number of benzene rings is 1. The van der Waals surface area contributed by atoms with E-state index in [4.69, 9.17) is 0 Å². The Hall–Kier alpha value is -1.93. The van der Waals surface area contributed by atoms with E-state index >= 15 is 0 Å². The maximum Gasteiger partial charge on any atom is 0.256 e. The normalized spacial score (nSPS) is 24.6. The number of aliphatic hydroxyl groups is 3. The minimum absolute atomic E-state index is 0.0117. The van der Waals surface area contributed by atoms with Crippen LogP contribution in [0.3, 0.4) is 0 Å². The number of pyridine rings is 1. The average molecular weight is 588 g/mol. The predicted molar refractivity (Wildman–Crippen MR) is 130 cm³/mol. The molecule has 1 saturated carbocycles. The minimum Gasteiger partial charge on any atom is -0.390 e. The fraction of sp³-hybridized carbons (Fsp3) is 0.478. The van der Waals surface area contributed by atoms with E-state index in [9.17, 15) is 28.9 Å². The molecule has 2 aliphatic rings. The van der Waals surface area contributed by atoms with Crippen LogP contribution in [-0.2, 0) is 0 Å². The molecule has 1 aliphatic heterocycles. The van der Waals surface area contributed by atoms with Crippen molar-refractivity contribution in [1.82, 2.24) is 15.2 Å². The van der Waals surface area contributed by atoms with Crippen LogP contribution in [0.4, 0.5) is 20.2 Å². The van der Waals surface area contributed by atoms with Crippen molar-refractivity contribution in [3.8, 4) is 0 Å². The maximum absolute atomic E-state index is 14.5. The molecule has 1 aromatic carbocycles. The summed E-state index contributed by atoms with van der Waals surface area (Å²) in [6.07, 6.45) is 0.915. The first-order chi connectivity index (χ1) is 16.1. The summed E-state index contributed by atoms with van der Waals surface area (Å²) >= 11 is 1.96. The zero-order chi connectivity index (χ0) is 24.6. The van der Waals surface area contributed by atoms with Gasteiger partial charge in [-0.1, -0.05) is 6.92 Å². The summed E-state index contributed by atoms with van der Waals surface area (Å²) in [7, 11) is 0. The second-order valence-electron chi connectivity index (χ2n) is 8.97. The van der Waals surface area contributed by atoms with E-state index in [0.29, 0.717) is 22.8 Å². The highest BCUT2D eigenvalue weighted by Crippen LogP contribution is 2.33. The molecule has 0 spiro atoms. The van der Waals surface area contributed by atoms with Crippen molar-refractivity contribution in [2.75, 3.05) is 18.4 Å². The number of hydrogen-bond donors (Lipinski definition) is 5. The van der Waals surface area contributed by atoms with Crippen LogP contribution >= 0.6 is 22.6 Å². The van der Waals surface area contributed by atoms with Crippen molar-refractivity contribution < 1.29 is 28.9 Å². The third-order valence-electron chi connectivity index (χ3n) is 6.53. The number of aromatic nitrogens is 1. The Balaban J connectivity index is 1.46. The summed E-state index contributed by atoms with van der Waals surface area (Å²) in [6.45, 7) is 1.95. The Kier molecular flexibility index (Phi) is 7.38. The van der Waals surface area contributed by atoms with Crippen LogP contribution in [-0.4, -0.2) is 74.1 Å². The summed E-state index contributed by atoms with van der Waals surface area (Å²) in [5.74, 6) is -2.04. The third kappa shape index (κ3) is 5.03. The van der Waals surface area contributed by atoms with Gasteiger partial charge in [-0.05, 0) is 66.1 Å². The Bertz CT molecular complexity index is 1060. The van der Waals surface area contributed by atoms with Gasteiger partial charge in [0.15, 0.2) is 0 Å². The van der Waals surface area contributed by atoms with E-state index in [0.717, 1.165) is 6.20 Å². The molecule has 1 saturated heterocycles. The van der Waals surface area contributed by atoms with E-state index in [2.05, 4.69) is 15.6 Å². The van der Waals surface area contributed by atoms with Crippen LogP contribution in [0.15, 0.2) is 30.5 Å². The standard InChI is InChI=1S/C23H27F2IN4O4/c1-2-19(28-13-8-17(31)18(32)9-13)23(34)10-30(11-23)22(33)14-5-6-27-21(25)20(14)29-16-4-3-12(26)7-15(16)24/h3-7,13,17-19,28-29,31-32,34H,2,8-11H2,1H3/t13?,17-,18+,19?. The zero-order valence-corrected chi connectivity index (χ0v) is 20.7. The molecule has 5 N–H and O–H groups in total. The second-order valence-corrected chi connectivity index (χ2v) is 10.2. The summed E-state index contributed by atoms with van der Waals surface area (Å²) in [5, 5.41) is 36.6. The van der Waals surface area contributed by atoms with Gasteiger partial charge in [0.25, 0.3) is 5.91 Å². The van der Waals surface area contributed by atoms with E-state index in [1.807, 2.05) is 29.5 Å². The molecule has 8 nitrogen and oxygen atoms in total. The Morgan fingerprint density at radius 3 is 2.56 bits per heavy atom. The lowest BCUT2D eigenvalue weighted by Crippen LogP contribution is -2.72. The molecule has 2 fully saturated rings. The fourth-order valence-corrected chi connectivity index (χ4v) is 5.13. The fourth-order valence-electron chi connectivity index (χ4n) is 4.67. The van der Waals surface area contributed by atoms with E-state index in [1.54, 1.807) is 6.07 Å². The minimum atomic E-state index is -1.20. The van der Waals surface area contributed by atoms with Crippen LogP contribution in [0.5, 0.6) is 0 Å². The van der Waals surface area contributed by atoms with Gasteiger partial charge in [-0.15, -0.1) is 0 Å². The number of amides is 1. The molecule has 2 aromatic rings. The van der Waals surface area contributed by atoms with Gasteiger partial charge in [-0.3, -0.25) is 4.79 Å². The quantitative estimate of drug-likeness (QED) is 0.249. The smallest absolute Gasteiger partial charge is 0.256 e. The first-order valence-corrected chi connectivity index (χ1v) is 12.2. The van der Waals surface area contributed by atoms with Gasteiger partial charge in [0, 0.05) is 21.9 Å². The Labute approximate surface area is 209 Å². The molecule has 34 heavy (non-hydrogen) atoms. The van der Waals surface area contributed by atoms with Gasteiger partial charge in [0.2, 0.25) is 5.95 Å². The first kappa shape index (κ1) is 25.2. The highest BCUT2D eigenvalue weighted by molar-refractivity contribution is 14.1. The first-order valence-electron chi connectivity index (χ1n) is 11.1. The molecule has 0 radical (unpaired) electrons. The number of β-amino-alcohol motifs (C(OH)–C–C–N with tert-alkyl or cyclic N) is 1. The molecular weight excluding hydrogens is 561 g/mol. The molecule has 4 rings (SSSR count). The van der Waals surface area contributed by atoms with Crippen molar-refractivity contribution in [2.24, 2.45) is 0 Å². The predicted octanol–water partition coefficient (Wildman–Crippen LogP) is 2.15. The summed E-state index contributed by atoms with van der Waals surface area (Å²) in [6, 6.07) is 5.25. The summed E-state index contributed by atoms with van der Waals surface area (Å²) in [5.41, 5.74) is -1.44. The molecule has 11 heteroatoms. The lowest BCUT2D eigenvalue weighted by atomic mass is 9.83. The van der Waals surface area contributed by atoms with Crippen LogP contribution in [0, 0.1) is 15.3 Å². The molecule has 2 unspecified atom stereocenters. The molecule has 4 atom stereocenters. The third-order valence-corrected chi connectivity index (χ3v) is 7.20. The number of halogens is 3. The van der Waals surface area contributed by atoms with Gasteiger partial charge >= 0.3 is 0 Å². The molecule has 0 bridgehead atoms. The van der Waals surface area contributed by atoms with E-state index < -0.39 is 35.5 Å². The van der Waals surface area contributed by atoms with Gasteiger partial charge < -0.3 is 30.9 Å². The van der Waals surface area contributed by atoms with Crippen molar-refractivity contribution in [3.63, 3.8) is 0 Å². The van der Waals surface area contributed by atoms with Crippen molar-refractivity contribution in [3.05, 3.63) is 51.4 Å². The largest absolute Gasteiger partial charge is 0.390 e. The van der Waals surface area contributed by atoms with Crippen molar-refractivity contribution in [1.29, 1.82) is 0 Å². The highest BCUT2D eigenvalue weighted by atomic mass is 127. The van der Waals surface area contributed by atoms with E-state index in [1.165, 1.54) is 23.1 Å². The molecule has 2 heterocycles. The van der Waals surface area contributed by atoms with Gasteiger partial charge in [0.1, 0.15) is 17.1 Å². The number of rotatable bonds is 7.